The number of hydrogen-bond donors (Lipinski definition) is 4. The molecule has 0 aliphatic heterocycles. The minimum Gasteiger partial charge on any atom is -0.396 e. The van der Waals surface area contributed by atoms with Crippen LogP contribution in [0.4, 0.5) is 0 Å². The Kier molecular flexibility index (Phi) is 132. The van der Waals surface area contributed by atoms with Crippen LogP contribution in [0.2, 0.25) is 0 Å². The Hall–Kier alpha value is 0.580. The molecule has 0 atom stereocenters. The Morgan fingerprint density at radius 1 is 0.500 bits per heavy atom. The maximum atomic E-state index is 7.88. The fourth-order valence-electron chi connectivity index (χ4n) is 0. The van der Waals surface area contributed by atoms with Gasteiger partial charge < -0.3 is 27.9 Å². The van der Waals surface area contributed by atoms with Gasteiger partial charge in [0.2, 0.25) is 0 Å². The number of hydrogen-bond acceptors (Lipinski definition) is 4. The minimum atomic E-state index is 0. The molecular formula is C13H35NbO4-. The van der Waals surface area contributed by atoms with E-state index in [1.807, 2.05) is 27.7 Å². The fraction of sp³-hybridized carbons (Fsp3) is 0.923. The van der Waals surface area contributed by atoms with Crippen LogP contribution in [-0.4, -0.2) is 46.9 Å². The van der Waals surface area contributed by atoms with E-state index in [4.69, 9.17) is 20.4 Å². The molecule has 0 amide bonds. The summed E-state index contributed by atoms with van der Waals surface area (Å²) in [5.74, 6) is 0. The molecule has 0 unspecified atom stereocenters. The monoisotopic (exact) mass is 348 g/mol. The van der Waals surface area contributed by atoms with Gasteiger partial charge in [-0.05, 0) is 25.7 Å². The summed E-state index contributed by atoms with van der Waals surface area (Å²) in [6.07, 6.45) is 3.50. The predicted molar refractivity (Wildman–Crippen MR) is 75.9 cm³/mol. The standard InChI is InChI=1S/4C3H8O.CH3.Nb/c4*1-2-3-4;;/h4*4H,2-3H2,1H3;1H3;/q;;;;-1;. The molecule has 18 heavy (non-hydrogen) atoms. The summed E-state index contributed by atoms with van der Waals surface area (Å²) in [4.78, 5) is 0. The second-order valence-electron chi connectivity index (χ2n) is 2.89. The second kappa shape index (κ2) is 65.6. The third-order valence-electron chi connectivity index (χ3n) is 0.894. The maximum absolute atomic E-state index is 7.88. The van der Waals surface area contributed by atoms with Gasteiger partial charge in [-0.15, -0.1) is 0 Å². The average Bonchev–Trinajstić information content (AvgIpc) is 2.39. The second-order valence-corrected chi connectivity index (χ2v) is 2.89. The zero-order chi connectivity index (χ0) is 13.7. The van der Waals surface area contributed by atoms with Gasteiger partial charge in [0.05, 0.1) is 0 Å². The van der Waals surface area contributed by atoms with Gasteiger partial charge in [0.1, 0.15) is 0 Å². The topological polar surface area (TPSA) is 80.9 Å². The molecular weight excluding hydrogens is 313 g/mol. The zero-order valence-electron chi connectivity index (χ0n) is 12.9. The van der Waals surface area contributed by atoms with Crippen molar-refractivity contribution in [3.05, 3.63) is 7.43 Å². The van der Waals surface area contributed by atoms with Crippen LogP contribution in [0.1, 0.15) is 53.4 Å². The van der Waals surface area contributed by atoms with E-state index in [9.17, 15) is 0 Å². The van der Waals surface area contributed by atoms with Crippen molar-refractivity contribution in [1.82, 2.24) is 0 Å². The number of rotatable bonds is 4. The third-order valence-corrected chi connectivity index (χ3v) is 0.894. The third kappa shape index (κ3) is 192. The SMILES string of the molecule is CCCO.CCCO.CCCO.CCCO.[CH3-].[Nb]. The molecule has 0 saturated carbocycles. The van der Waals surface area contributed by atoms with E-state index in [1.54, 1.807) is 0 Å². The van der Waals surface area contributed by atoms with Crippen LogP contribution in [0.25, 0.3) is 0 Å². The molecule has 0 aliphatic carbocycles. The average molecular weight is 348 g/mol. The van der Waals surface area contributed by atoms with E-state index in [0.717, 1.165) is 25.7 Å². The summed E-state index contributed by atoms with van der Waals surface area (Å²) < 4.78 is 0. The minimum absolute atomic E-state index is 0. The van der Waals surface area contributed by atoms with Crippen molar-refractivity contribution >= 4 is 0 Å². The van der Waals surface area contributed by atoms with Crippen LogP contribution in [0.15, 0.2) is 0 Å². The quantitative estimate of drug-likeness (QED) is 0.463. The first kappa shape index (κ1) is 36.3. The van der Waals surface area contributed by atoms with Gasteiger partial charge in [-0.3, -0.25) is 0 Å². The molecule has 0 aromatic heterocycles. The number of aliphatic hydroxyl groups excluding tert-OH is 4. The van der Waals surface area contributed by atoms with Crippen LogP contribution in [0, 0.1) is 7.43 Å². The summed E-state index contributed by atoms with van der Waals surface area (Å²) >= 11 is 0. The predicted octanol–water partition coefficient (Wildman–Crippen LogP) is 2.00. The van der Waals surface area contributed by atoms with Crippen molar-refractivity contribution in [2.24, 2.45) is 0 Å². The molecule has 0 bridgehead atoms. The first-order chi connectivity index (χ1) is 7.66. The van der Waals surface area contributed by atoms with Crippen LogP contribution >= 0.6 is 0 Å². The molecule has 0 aliphatic rings. The van der Waals surface area contributed by atoms with E-state index < -0.39 is 0 Å². The van der Waals surface area contributed by atoms with Gasteiger partial charge in [0.15, 0.2) is 0 Å². The Morgan fingerprint density at radius 2 is 0.556 bits per heavy atom. The molecule has 0 heterocycles. The van der Waals surface area contributed by atoms with Crippen LogP contribution in [-0.2, 0) is 22.4 Å². The number of aliphatic hydroxyl groups is 4. The van der Waals surface area contributed by atoms with E-state index in [-0.39, 0.29) is 29.8 Å². The van der Waals surface area contributed by atoms with E-state index in [0.29, 0.717) is 26.4 Å². The largest absolute Gasteiger partial charge is 0.396 e. The molecule has 1 radical (unpaired) electrons. The Morgan fingerprint density at radius 3 is 0.556 bits per heavy atom. The van der Waals surface area contributed by atoms with Gasteiger partial charge in [0, 0.05) is 48.8 Å². The molecule has 4 nitrogen and oxygen atoms in total. The summed E-state index contributed by atoms with van der Waals surface area (Å²) in [6, 6.07) is 0. The molecule has 4 N–H and O–H groups in total. The Labute approximate surface area is 130 Å². The van der Waals surface area contributed by atoms with Crippen molar-refractivity contribution in [3.8, 4) is 0 Å². The molecule has 0 aromatic carbocycles. The van der Waals surface area contributed by atoms with E-state index in [1.165, 1.54) is 0 Å². The molecule has 0 spiro atoms. The van der Waals surface area contributed by atoms with Gasteiger partial charge in [-0.25, -0.2) is 0 Å². The fourth-order valence-corrected chi connectivity index (χ4v) is 0. The van der Waals surface area contributed by atoms with Gasteiger partial charge in [-0.2, -0.15) is 0 Å². The first-order valence-corrected chi connectivity index (χ1v) is 6.09. The maximum Gasteiger partial charge on any atom is 0.0428 e. The Balaban J connectivity index is -0.0000000257. The summed E-state index contributed by atoms with van der Waals surface area (Å²) in [5.41, 5.74) is 0. The molecule has 0 saturated heterocycles. The van der Waals surface area contributed by atoms with Crippen molar-refractivity contribution in [2.75, 3.05) is 26.4 Å². The summed E-state index contributed by atoms with van der Waals surface area (Å²) in [7, 11) is 0. The molecule has 117 valence electrons. The summed E-state index contributed by atoms with van der Waals surface area (Å²) in [5, 5.41) is 31.5. The normalized spacial score (nSPS) is 6.67. The van der Waals surface area contributed by atoms with Crippen molar-refractivity contribution in [3.63, 3.8) is 0 Å². The first-order valence-electron chi connectivity index (χ1n) is 6.09. The van der Waals surface area contributed by atoms with E-state index >= 15 is 0 Å². The van der Waals surface area contributed by atoms with Crippen molar-refractivity contribution in [1.29, 1.82) is 0 Å². The van der Waals surface area contributed by atoms with Crippen LogP contribution < -0.4 is 0 Å². The molecule has 0 aromatic rings. The van der Waals surface area contributed by atoms with Crippen molar-refractivity contribution in [2.45, 2.75) is 53.4 Å². The van der Waals surface area contributed by atoms with Crippen LogP contribution in [0.5, 0.6) is 0 Å². The molecule has 5 heteroatoms. The molecule has 0 rings (SSSR count). The molecule has 0 fully saturated rings. The Bertz CT molecular complexity index is 43.0. The summed E-state index contributed by atoms with van der Waals surface area (Å²) in [6.45, 7) is 9.00. The van der Waals surface area contributed by atoms with Gasteiger partial charge in [-0.1, -0.05) is 27.7 Å². The van der Waals surface area contributed by atoms with E-state index in [2.05, 4.69) is 0 Å². The van der Waals surface area contributed by atoms with Crippen molar-refractivity contribution < 1.29 is 42.8 Å². The van der Waals surface area contributed by atoms with Gasteiger partial charge in [0.25, 0.3) is 0 Å². The smallest absolute Gasteiger partial charge is 0.0428 e. The zero-order valence-corrected chi connectivity index (χ0v) is 15.1. The van der Waals surface area contributed by atoms with Crippen LogP contribution in [0.3, 0.4) is 0 Å². The van der Waals surface area contributed by atoms with Gasteiger partial charge >= 0.3 is 0 Å².